The second kappa shape index (κ2) is 12.3. The van der Waals surface area contributed by atoms with Crippen LogP contribution in [0.4, 0.5) is 0 Å². The highest BCUT2D eigenvalue weighted by atomic mass is 35.5. The second-order valence-corrected chi connectivity index (χ2v) is 11.4. The van der Waals surface area contributed by atoms with Gasteiger partial charge >= 0.3 is 11.9 Å². The summed E-state index contributed by atoms with van der Waals surface area (Å²) in [6.45, 7) is 7.50. The summed E-state index contributed by atoms with van der Waals surface area (Å²) in [6.07, 6.45) is 1.98. The van der Waals surface area contributed by atoms with E-state index < -0.39 is 18.0 Å². The molecular weight excluding hydrogens is 576 g/mol. The molecule has 0 saturated heterocycles. The molecule has 42 heavy (non-hydrogen) atoms. The summed E-state index contributed by atoms with van der Waals surface area (Å²) in [5.74, 6) is -0.115. The van der Waals surface area contributed by atoms with Crippen molar-refractivity contribution in [2.45, 2.75) is 46.3 Å². The number of nitrogens with zero attached hydrogens (tertiary/aromatic N) is 2. The van der Waals surface area contributed by atoms with Gasteiger partial charge in [0.25, 0.3) is 5.56 Å². The van der Waals surface area contributed by atoms with E-state index in [-0.39, 0.29) is 17.2 Å². The first-order valence-corrected chi connectivity index (χ1v) is 14.7. The molecule has 2 aromatic carbocycles. The van der Waals surface area contributed by atoms with Gasteiger partial charge in [0.05, 0.1) is 34.1 Å². The third kappa shape index (κ3) is 5.75. The fourth-order valence-corrected chi connectivity index (χ4v) is 5.97. The number of carbonyl (C=O) groups is 2. The molecule has 0 fully saturated rings. The van der Waals surface area contributed by atoms with Crippen molar-refractivity contribution in [2.24, 2.45) is 4.99 Å². The molecule has 0 aliphatic carbocycles. The quantitative estimate of drug-likeness (QED) is 0.240. The van der Waals surface area contributed by atoms with Gasteiger partial charge in [-0.25, -0.2) is 14.6 Å². The molecule has 3 heterocycles. The molecule has 216 valence electrons. The normalized spacial score (nSPS) is 15.0. The van der Waals surface area contributed by atoms with Gasteiger partial charge in [0.15, 0.2) is 4.80 Å². The van der Waals surface area contributed by atoms with Crippen LogP contribution in [0.15, 0.2) is 86.1 Å². The standard InChI is InChI=1S/C32H29ClN2O6S/c1-5-16-39-30(37)22-11-7-6-10-21(22)25-15-14-20(41-25)17-26-29(36)35-28(23-12-8-9-13-24(23)33)27(31(38)40-18(2)3)19(4)34-32(35)42-26/h6-15,17-18,28H,5,16H2,1-4H3. The molecule has 2 aromatic heterocycles. The predicted molar refractivity (Wildman–Crippen MR) is 161 cm³/mol. The van der Waals surface area contributed by atoms with Gasteiger partial charge in [-0.05, 0) is 57.0 Å². The van der Waals surface area contributed by atoms with Gasteiger partial charge in [-0.1, -0.05) is 66.3 Å². The third-order valence-electron chi connectivity index (χ3n) is 6.53. The van der Waals surface area contributed by atoms with Gasteiger partial charge in [0.1, 0.15) is 17.6 Å². The lowest BCUT2D eigenvalue weighted by molar-refractivity contribution is -0.143. The number of hydrogen-bond acceptors (Lipinski definition) is 8. The Kier molecular flexibility index (Phi) is 8.61. The minimum Gasteiger partial charge on any atom is -0.462 e. The number of furan rings is 1. The average Bonchev–Trinajstić information content (AvgIpc) is 3.55. The number of benzene rings is 2. The highest BCUT2D eigenvalue weighted by Gasteiger charge is 2.34. The highest BCUT2D eigenvalue weighted by Crippen LogP contribution is 2.34. The molecule has 1 aliphatic heterocycles. The molecule has 8 nitrogen and oxygen atoms in total. The van der Waals surface area contributed by atoms with Crippen molar-refractivity contribution in [3.05, 3.63) is 114 Å². The predicted octanol–water partition coefficient (Wildman–Crippen LogP) is 5.67. The maximum absolute atomic E-state index is 13.9. The van der Waals surface area contributed by atoms with Crippen LogP contribution in [0.2, 0.25) is 5.02 Å². The molecular formula is C32H29ClN2O6S. The van der Waals surface area contributed by atoms with Crippen LogP contribution in [0.1, 0.15) is 61.8 Å². The molecule has 4 aromatic rings. The van der Waals surface area contributed by atoms with E-state index >= 15 is 0 Å². The van der Waals surface area contributed by atoms with E-state index in [9.17, 15) is 14.4 Å². The number of esters is 2. The van der Waals surface area contributed by atoms with Gasteiger partial charge in [0.2, 0.25) is 0 Å². The lowest BCUT2D eigenvalue weighted by Gasteiger charge is -2.26. The van der Waals surface area contributed by atoms with Crippen LogP contribution in [0, 0.1) is 0 Å². The Balaban J connectivity index is 1.60. The van der Waals surface area contributed by atoms with Crippen LogP contribution in [0.3, 0.4) is 0 Å². The first kappa shape index (κ1) is 29.3. The number of allylic oxidation sites excluding steroid dienone is 1. The second-order valence-electron chi connectivity index (χ2n) is 9.94. The van der Waals surface area contributed by atoms with E-state index in [2.05, 4.69) is 4.99 Å². The van der Waals surface area contributed by atoms with Crippen LogP contribution in [0.25, 0.3) is 17.4 Å². The number of rotatable bonds is 8. The number of carbonyl (C=O) groups excluding carboxylic acids is 2. The molecule has 0 spiro atoms. The fraction of sp³-hybridized carbons (Fsp3) is 0.250. The number of hydrogen-bond donors (Lipinski definition) is 0. The molecule has 10 heteroatoms. The summed E-state index contributed by atoms with van der Waals surface area (Å²) in [5.41, 5.74) is 1.91. The lowest BCUT2D eigenvalue weighted by Crippen LogP contribution is -2.40. The lowest BCUT2D eigenvalue weighted by atomic mass is 9.96. The molecule has 0 bridgehead atoms. The van der Waals surface area contributed by atoms with Crippen molar-refractivity contribution < 1.29 is 23.5 Å². The Morgan fingerprint density at radius 3 is 2.57 bits per heavy atom. The van der Waals surface area contributed by atoms with Crippen LogP contribution in [-0.2, 0) is 14.3 Å². The minimum absolute atomic E-state index is 0.252. The monoisotopic (exact) mass is 604 g/mol. The van der Waals surface area contributed by atoms with E-state index in [1.54, 1.807) is 81.4 Å². The van der Waals surface area contributed by atoms with Crippen molar-refractivity contribution in [3.8, 4) is 11.3 Å². The van der Waals surface area contributed by atoms with Gasteiger partial charge in [-0.15, -0.1) is 0 Å². The molecule has 0 radical (unpaired) electrons. The van der Waals surface area contributed by atoms with Crippen molar-refractivity contribution in [2.75, 3.05) is 6.61 Å². The Bertz CT molecular complexity index is 1880. The van der Waals surface area contributed by atoms with E-state index in [0.29, 0.717) is 61.3 Å². The Morgan fingerprint density at radius 2 is 1.83 bits per heavy atom. The van der Waals surface area contributed by atoms with Gasteiger partial charge < -0.3 is 13.9 Å². The van der Waals surface area contributed by atoms with Crippen molar-refractivity contribution >= 4 is 41.0 Å². The minimum atomic E-state index is -0.823. The van der Waals surface area contributed by atoms with Gasteiger partial charge in [-0.3, -0.25) is 9.36 Å². The van der Waals surface area contributed by atoms with Crippen LogP contribution in [0.5, 0.6) is 0 Å². The summed E-state index contributed by atoms with van der Waals surface area (Å²) in [5, 5.41) is 0.411. The van der Waals surface area contributed by atoms with Crippen molar-refractivity contribution in [3.63, 3.8) is 0 Å². The average molecular weight is 605 g/mol. The number of ether oxygens (including phenoxy) is 2. The number of fused-ring (bicyclic) bond motifs is 1. The SMILES string of the molecule is CCCOC(=O)c1ccccc1-c1ccc(C=c2sc3n(c2=O)C(c2ccccc2Cl)C(C(=O)OC(C)C)=C(C)N=3)o1. The zero-order chi connectivity index (χ0) is 30.0. The van der Waals surface area contributed by atoms with Crippen molar-refractivity contribution in [1.82, 2.24) is 4.57 Å². The summed E-state index contributed by atoms with van der Waals surface area (Å²) >= 11 is 7.77. The molecule has 5 rings (SSSR count). The summed E-state index contributed by atoms with van der Waals surface area (Å²) in [7, 11) is 0. The molecule has 0 N–H and O–H groups in total. The van der Waals surface area contributed by atoms with E-state index in [1.807, 2.05) is 13.0 Å². The maximum atomic E-state index is 13.9. The summed E-state index contributed by atoms with van der Waals surface area (Å²) in [6, 6.07) is 16.8. The Morgan fingerprint density at radius 1 is 1.10 bits per heavy atom. The first-order chi connectivity index (χ1) is 20.2. The summed E-state index contributed by atoms with van der Waals surface area (Å²) < 4.78 is 18.8. The number of thiazole rings is 1. The topological polar surface area (TPSA) is 100 Å². The van der Waals surface area contributed by atoms with Gasteiger partial charge in [-0.2, -0.15) is 0 Å². The zero-order valence-corrected chi connectivity index (χ0v) is 25.1. The molecule has 1 atom stereocenters. The maximum Gasteiger partial charge on any atom is 0.338 e. The zero-order valence-electron chi connectivity index (χ0n) is 23.5. The molecule has 0 amide bonds. The van der Waals surface area contributed by atoms with Crippen LogP contribution in [-0.4, -0.2) is 29.2 Å². The smallest absolute Gasteiger partial charge is 0.338 e. The van der Waals surface area contributed by atoms with E-state index in [4.69, 9.17) is 25.5 Å². The summed E-state index contributed by atoms with van der Waals surface area (Å²) in [4.78, 5) is 44.8. The van der Waals surface area contributed by atoms with Gasteiger partial charge in [0, 0.05) is 16.7 Å². The highest BCUT2D eigenvalue weighted by molar-refractivity contribution is 7.07. The fourth-order valence-electron chi connectivity index (χ4n) is 4.70. The van der Waals surface area contributed by atoms with Crippen LogP contribution >= 0.6 is 22.9 Å². The van der Waals surface area contributed by atoms with E-state index in [1.165, 1.54) is 15.9 Å². The first-order valence-electron chi connectivity index (χ1n) is 13.5. The number of halogens is 1. The third-order valence-corrected chi connectivity index (χ3v) is 7.86. The Labute approximate surface area is 251 Å². The molecule has 1 aliphatic rings. The van der Waals surface area contributed by atoms with Crippen molar-refractivity contribution in [1.29, 1.82) is 0 Å². The van der Waals surface area contributed by atoms with Crippen LogP contribution < -0.4 is 14.9 Å². The Hall–Kier alpha value is -4.21. The molecule has 1 unspecified atom stereocenters. The van der Waals surface area contributed by atoms with E-state index in [0.717, 1.165) is 0 Å². The number of aromatic nitrogens is 1. The molecule has 0 saturated carbocycles. The largest absolute Gasteiger partial charge is 0.462 e.